The SMILES string of the molecule is CCN(CC)C(=O)CCC(C)C(=O)O. The maximum Gasteiger partial charge on any atom is 0.306 e. The van der Waals surface area contributed by atoms with Crippen molar-refractivity contribution in [2.75, 3.05) is 13.1 Å². The van der Waals surface area contributed by atoms with Crippen LogP contribution in [0.15, 0.2) is 0 Å². The lowest BCUT2D eigenvalue weighted by atomic mass is 10.1. The van der Waals surface area contributed by atoms with Crippen molar-refractivity contribution in [1.82, 2.24) is 4.90 Å². The van der Waals surface area contributed by atoms with Crippen molar-refractivity contribution < 1.29 is 14.7 Å². The van der Waals surface area contributed by atoms with Crippen LogP contribution in [0.25, 0.3) is 0 Å². The van der Waals surface area contributed by atoms with Crippen LogP contribution in [0.4, 0.5) is 0 Å². The van der Waals surface area contributed by atoms with E-state index in [0.29, 0.717) is 25.9 Å². The molecule has 0 aliphatic heterocycles. The third-order valence-electron chi connectivity index (χ3n) is 2.33. The molecule has 1 amide bonds. The Morgan fingerprint density at radius 2 is 1.79 bits per heavy atom. The highest BCUT2D eigenvalue weighted by Crippen LogP contribution is 2.07. The molecule has 0 aromatic heterocycles. The van der Waals surface area contributed by atoms with E-state index in [-0.39, 0.29) is 5.91 Å². The smallest absolute Gasteiger partial charge is 0.306 e. The molecule has 0 fully saturated rings. The molecular weight excluding hydrogens is 182 g/mol. The van der Waals surface area contributed by atoms with Crippen LogP contribution in [0.5, 0.6) is 0 Å². The summed E-state index contributed by atoms with van der Waals surface area (Å²) in [4.78, 5) is 23.7. The van der Waals surface area contributed by atoms with Crippen LogP contribution in [-0.2, 0) is 9.59 Å². The number of carboxylic acid groups (broad SMARTS) is 1. The first-order valence-electron chi connectivity index (χ1n) is 5.03. The molecule has 0 aromatic carbocycles. The molecule has 82 valence electrons. The minimum Gasteiger partial charge on any atom is -0.481 e. The highest BCUT2D eigenvalue weighted by Gasteiger charge is 2.15. The molecule has 0 aromatic rings. The molecule has 4 nitrogen and oxygen atoms in total. The summed E-state index contributed by atoms with van der Waals surface area (Å²) in [6.45, 7) is 6.84. The predicted molar refractivity (Wildman–Crippen MR) is 54.0 cm³/mol. The van der Waals surface area contributed by atoms with Gasteiger partial charge in [-0.15, -0.1) is 0 Å². The van der Waals surface area contributed by atoms with Gasteiger partial charge in [0.2, 0.25) is 5.91 Å². The number of hydrogen-bond donors (Lipinski definition) is 1. The molecule has 0 heterocycles. The molecular formula is C10H19NO3. The number of carboxylic acids is 1. The van der Waals surface area contributed by atoms with E-state index >= 15 is 0 Å². The van der Waals surface area contributed by atoms with Gasteiger partial charge < -0.3 is 10.0 Å². The third-order valence-corrected chi connectivity index (χ3v) is 2.33. The van der Waals surface area contributed by atoms with Crippen LogP contribution in [-0.4, -0.2) is 35.0 Å². The van der Waals surface area contributed by atoms with Gasteiger partial charge in [0.1, 0.15) is 0 Å². The minimum atomic E-state index is -0.836. The summed E-state index contributed by atoms with van der Waals surface area (Å²) < 4.78 is 0. The molecule has 1 atom stereocenters. The number of nitrogens with zero attached hydrogens (tertiary/aromatic N) is 1. The first-order valence-corrected chi connectivity index (χ1v) is 5.03. The van der Waals surface area contributed by atoms with E-state index in [1.807, 2.05) is 13.8 Å². The van der Waals surface area contributed by atoms with E-state index in [9.17, 15) is 9.59 Å². The van der Waals surface area contributed by atoms with Gasteiger partial charge in [-0.05, 0) is 20.3 Å². The molecule has 0 saturated carbocycles. The number of carbonyl (C=O) groups is 2. The summed E-state index contributed by atoms with van der Waals surface area (Å²) >= 11 is 0. The molecule has 4 heteroatoms. The average molecular weight is 201 g/mol. The Labute approximate surface area is 84.9 Å². The molecule has 0 rings (SSSR count). The van der Waals surface area contributed by atoms with Crippen LogP contribution in [0.2, 0.25) is 0 Å². The minimum absolute atomic E-state index is 0.0445. The second-order valence-electron chi connectivity index (χ2n) is 3.34. The van der Waals surface area contributed by atoms with Crippen LogP contribution in [0, 0.1) is 5.92 Å². The predicted octanol–water partition coefficient (Wildman–Crippen LogP) is 1.36. The van der Waals surface area contributed by atoms with Gasteiger partial charge in [-0.25, -0.2) is 0 Å². The average Bonchev–Trinajstić information content (AvgIpc) is 2.15. The van der Waals surface area contributed by atoms with Crippen molar-refractivity contribution >= 4 is 11.9 Å². The zero-order chi connectivity index (χ0) is 11.1. The molecule has 14 heavy (non-hydrogen) atoms. The quantitative estimate of drug-likeness (QED) is 0.705. The van der Waals surface area contributed by atoms with Crippen LogP contribution in [0.3, 0.4) is 0 Å². The summed E-state index contributed by atoms with van der Waals surface area (Å²) in [6.07, 6.45) is 0.750. The number of aliphatic carboxylic acids is 1. The fraction of sp³-hybridized carbons (Fsp3) is 0.800. The lowest BCUT2D eigenvalue weighted by Crippen LogP contribution is -2.30. The van der Waals surface area contributed by atoms with Crippen molar-refractivity contribution in [2.45, 2.75) is 33.6 Å². The van der Waals surface area contributed by atoms with E-state index in [1.165, 1.54) is 0 Å². The molecule has 0 aliphatic carbocycles. The zero-order valence-corrected chi connectivity index (χ0v) is 9.12. The Bertz CT molecular complexity index is 200. The summed E-state index contributed by atoms with van der Waals surface area (Å²) in [7, 11) is 0. The van der Waals surface area contributed by atoms with Gasteiger partial charge in [0.15, 0.2) is 0 Å². The largest absolute Gasteiger partial charge is 0.481 e. The summed E-state index contributed by atoms with van der Waals surface area (Å²) in [6, 6.07) is 0. The maximum absolute atomic E-state index is 11.5. The van der Waals surface area contributed by atoms with Crippen LogP contribution in [0.1, 0.15) is 33.6 Å². The Hall–Kier alpha value is -1.06. The number of rotatable bonds is 6. The van der Waals surface area contributed by atoms with E-state index in [0.717, 1.165) is 0 Å². The standard InChI is InChI=1S/C10H19NO3/c1-4-11(5-2)9(12)7-6-8(3)10(13)14/h8H,4-7H2,1-3H3,(H,13,14). The van der Waals surface area contributed by atoms with Crippen molar-refractivity contribution in [1.29, 1.82) is 0 Å². The molecule has 0 spiro atoms. The number of carbonyl (C=O) groups excluding carboxylic acids is 1. The molecule has 1 unspecified atom stereocenters. The van der Waals surface area contributed by atoms with Gasteiger partial charge in [0.05, 0.1) is 5.92 Å². The molecule has 0 aliphatic rings. The monoisotopic (exact) mass is 201 g/mol. The van der Waals surface area contributed by atoms with Gasteiger partial charge in [-0.2, -0.15) is 0 Å². The fourth-order valence-electron chi connectivity index (χ4n) is 1.20. The lowest BCUT2D eigenvalue weighted by Gasteiger charge is -2.18. The number of hydrogen-bond acceptors (Lipinski definition) is 2. The summed E-state index contributed by atoms with van der Waals surface area (Å²) in [5.74, 6) is -1.23. The van der Waals surface area contributed by atoms with Crippen LogP contribution < -0.4 is 0 Å². The summed E-state index contributed by atoms with van der Waals surface area (Å²) in [5.41, 5.74) is 0. The van der Waals surface area contributed by atoms with Gasteiger partial charge in [-0.1, -0.05) is 6.92 Å². The molecule has 0 bridgehead atoms. The molecule has 0 saturated heterocycles. The van der Waals surface area contributed by atoms with E-state index in [2.05, 4.69) is 0 Å². The van der Waals surface area contributed by atoms with E-state index < -0.39 is 11.9 Å². The normalized spacial score (nSPS) is 12.2. The van der Waals surface area contributed by atoms with Gasteiger partial charge in [-0.3, -0.25) is 9.59 Å². The van der Waals surface area contributed by atoms with E-state index in [4.69, 9.17) is 5.11 Å². The second kappa shape index (κ2) is 6.40. The van der Waals surface area contributed by atoms with E-state index in [1.54, 1.807) is 11.8 Å². The van der Waals surface area contributed by atoms with Crippen LogP contribution >= 0.6 is 0 Å². The Morgan fingerprint density at radius 3 is 2.14 bits per heavy atom. The fourth-order valence-corrected chi connectivity index (χ4v) is 1.20. The maximum atomic E-state index is 11.5. The van der Waals surface area contributed by atoms with Crippen molar-refractivity contribution in [2.24, 2.45) is 5.92 Å². The third kappa shape index (κ3) is 4.25. The lowest BCUT2D eigenvalue weighted by molar-refractivity contribution is -0.141. The van der Waals surface area contributed by atoms with Gasteiger partial charge in [0, 0.05) is 19.5 Å². The first-order chi connectivity index (χ1) is 6.52. The molecule has 1 N–H and O–H groups in total. The highest BCUT2D eigenvalue weighted by molar-refractivity contribution is 5.77. The summed E-state index contributed by atoms with van der Waals surface area (Å²) in [5, 5.41) is 8.62. The number of amides is 1. The van der Waals surface area contributed by atoms with Gasteiger partial charge >= 0.3 is 5.97 Å². The zero-order valence-electron chi connectivity index (χ0n) is 9.12. The van der Waals surface area contributed by atoms with Crippen molar-refractivity contribution in [3.63, 3.8) is 0 Å². The molecule has 0 radical (unpaired) electrons. The second-order valence-corrected chi connectivity index (χ2v) is 3.34. The Kier molecular flexibility index (Phi) is 5.92. The Morgan fingerprint density at radius 1 is 1.29 bits per heavy atom. The van der Waals surface area contributed by atoms with Crippen molar-refractivity contribution in [3.8, 4) is 0 Å². The highest BCUT2D eigenvalue weighted by atomic mass is 16.4. The Balaban J connectivity index is 3.89. The topological polar surface area (TPSA) is 57.6 Å². The first kappa shape index (κ1) is 12.9. The van der Waals surface area contributed by atoms with Crippen molar-refractivity contribution in [3.05, 3.63) is 0 Å². The van der Waals surface area contributed by atoms with Gasteiger partial charge in [0.25, 0.3) is 0 Å².